The zero-order valence-corrected chi connectivity index (χ0v) is 12.1. The molecule has 2 aliphatic heterocycles. The molecule has 0 aliphatic carbocycles. The highest BCUT2D eigenvalue weighted by Crippen LogP contribution is 2.36. The van der Waals surface area contributed by atoms with E-state index in [2.05, 4.69) is 34.3 Å². The Morgan fingerprint density at radius 3 is 2.43 bits per heavy atom. The molecule has 0 saturated carbocycles. The maximum Gasteiger partial charge on any atom is 0.0645 e. The van der Waals surface area contributed by atoms with Gasteiger partial charge >= 0.3 is 0 Å². The van der Waals surface area contributed by atoms with Gasteiger partial charge in [0.1, 0.15) is 0 Å². The fourth-order valence-corrected chi connectivity index (χ4v) is 3.89. The van der Waals surface area contributed by atoms with E-state index in [0.717, 1.165) is 25.1 Å². The summed E-state index contributed by atoms with van der Waals surface area (Å²) in [7, 11) is 0. The highest BCUT2D eigenvalue weighted by molar-refractivity contribution is 5.33. The average molecular weight is 283 g/mol. The third-order valence-electron chi connectivity index (χ3n) is 4.93. The fourth-order valence-electron chi connectivity index (χ4n) is 3.89. The molecule has 0 radical (unpaired) electrons. The molecule has 2 fully saturated rings. The first-order valence-corrected chi connectivity index (χ1v) is 7.82. The van der Waals surface area contributed by atoms with Gasteiger partial charge in [0.2, 0.25) is 0 Å². The van der Waals surface area contributed by atoms with Crippen LogP contribution in [0.25, 0.3) is 5.69 Å². The van der Waals surface area contributed by atoms with Gasteiger partial charge in [-0.05, 0) is 49.4 Å². The van der Waals surface area contributed by atoms with Crippen LogP contribution in [-0.2, 0) is 6.54 Å². The lowest BCUT2D eigenvalue weighted by atomic mass is 9.99. The minimum Gasteiger partial charge on any atom is -0.393 e. The van der Waals surface area contributed by atoms with Gasteiger partial charge in [0.25, 0.3) is 0 Å². The first-order chi connectivity index (χ1) is 10.3. The maximum atomic E-state index is 9.88. The largest absolute Gasteiger partial charge is 0.393 e. The van der Waals surface area contributed by atoms with E-state index in [0.29, 0.717) is 12.1 Å². The molecule has 2 bridgehead atoms. The van der Waals surface area contributed by atoms with Crippen LogP contribution in [0.1, 0.15) is 31.2 Å². The van der Waals surface area contributed by atoms with Gasteiger partial charge in [-0.3, -0.25) is 4.90 Å². The van der Waals surface area contributed by atoms with Gasteiger partial charge in [0.15, 0.2) is 0 Å². The molecule has 2 aromatic rings. The summed E-state index contributed by atoms with van der Waals surface area (Å²) in [5.41, 5.74) is 2.44. The molecule has 2 atom stereocenters. The lowest BCUT2D eigenvalue weighted by Gasteiger charge is -2.37. The summed E-state index contributed by atoms with van der Waals surface area (Å²) in [6.07, 6.45) is 8.05. The Kier molecular flexibility index (Phi) is 3.28. The molecule has 4 rings (SSSR count). The van der Waals surface area contributed by atoms with Crippen LogP contribution in [0.2, 0.25) is 0 Å². The van der Waals surface area contributed by atoms with Gasteiger partial charge in [-0.2, -0.15) is 5.10 Å². The number of rotatable bonds is 3. The summed E-state index contributed by atoms with van der Waals surface area (Å²) in [5, 5.41) is 14.1. The minimum absolute atomic E-state index is 0.0825. The number of piperidine rings is 1. The van der Waals surface area contributed by atoms with Crippen LogP contribution in [0.15, 0.2) is 42.7 Å². The SMILES string of the molecule is OC1CC2CCC(C1)N2Cc1ccc(-n2cccn2)cc1. The molecule has 4 nitrogen and oxygen atoms in total. The Hall–Kier alpha value is -1.65. The Morgan fingerprint density at radius 2 is 1.81 bits per heavy atom. The maximum absolute atomic E-state index is 9.88. The van der Waals surface area contributed by atoms with Crippen molar-refractivity contribution in [2.75, 3.05) is 0 Å². The molecule has 21 heavy (non-hydrogen) atoms. The molecule has 0 amide bonds. The van der Waals surface area contributed by atoms with E-state index in [-0.39, 0.29) is 6.10 Å². The molecular formula is C17H21N3O. The van der Waals surface area contributed by atoms with Crippen LogP contribution in [0.5, 0.6) is 0 Å². The summed E-state index contributed by atoms with van der Waals surface area (Å²) in [4.78, 5) is 2.59. The lowest BCUT2D eigenvalue weighted by molar-refractivity contribution is 0.0310. The summed E-state index contributed by atoms with van der Waals surface area (Å²) in [5.74, 6) is 0. The number of aliphatic hydroxyl groups is 1. The predicted octanol–water partition coefficient (Wildman–Crippen LogP) is 2.36. The van der Waals surface area contributed by atoms with E-state index < -0.39 is 0 Å². The van der Waals surface area contributed by atoms with E-state index in [9.17, 15) is 5.11 Å². The second kappa shape index (κ2) is 5.28. The van der Waals surface area contributed by atoms with Gasteiger partial charge in [-0.1, -0.05) is 12.1 Å². The highest BCUT2D eigenvalue weighted by atomic mass is 16.3. The molecule has 1 N–H and O–H groups in total. The van der Waals surface area contributed by atoms with E-state index in [1.807, 2.05) is 16.9 Å². The second-order valence-electron chi connectivity index (χ2n) is 6.30. The van der Waals surface area contributed by atoms with Crippen LogP contribution in [0.4, 0.5) is 0 Å². The summed E-state index contributed by atoms with van der Waals surface area (Å²) in [6.45, 7) is 1.00. The standard InChI is InChI=1S/C17H21N3O/c21-17-10-15-6-7-16(11-17)19(15)12-13-2-4-14(5-3-13)20-9-1-8-18-20/h1-5,8-9,15-17,21H,6-7,10-12H2. The third-order valence-corrected chi connectivity index (χ3v) is 4.93. The first-order valence-electron chi connectivity index (χ1n) is 7.82. The van der Waals surface area contributed by atoms with Crippen molar-refractivity contribution in [3.05, 3.63) is 48.3 Å². The number of fused-ring (bicyclic) bond motifs is 2. The third kappa shape index (κ3) is 2.49. The second-order valence-corrected chi connectivity index (χ2v) is 6.30. The van der Waals surface area contributed by atoms with Gasteiger partial charge in [0.05, 0.1) is 11.8 Å². The Morgan fingerprint density at radius 1 is 1.10 bits per heavy atom. The molecule has 2 unspecified atom stereocenters. The molecular weight excluding hydrogens is 262 g/mol. The van der Waals surface area contributed by atoms with Crippen molar-refractivity contribution in [1.29, 1.82) is 0 Å². The van der Waals surface area contributed by atoms with E-state index >= 15 is 0 Å². The Labute approximate surface area is 125 Å². The number of aliphatic hydroxyl groups excluding tert-OH is 1. The van der Waals surface area contributed by atoms with Gasteiger partial charge in [-0.25, -0.2) is 4.68 Å². The van der Waals surface area contributed by atoms with Gasteiger partial charge < -0.3 is 5.11 Å². The van der Waals surface area contributed by atoms with Crippen LogP contribution in [0, 0.1) is 0 Å². The highest BCUT2D eigenvalue weighted by Gasteiger charge is 2.39. The molecule has 110 valence electrons. The fraction of sp³-hybridized carbons (Fsp3) is 0.471. The van der Waals surface area contributed by atoms with Crippen LogP contribution in [0.3, 0.4) is 0 Å². The molecule has 3 heterocycles. The summed E-state index contributed by atoms with van der Waals surface area (Å²) in [6, 6.07) is 11.7. The first kappa shape index (κ1) is 13.0. The van der Waals surface area contributed by atoms with Crippen molar-refractivity contribution in [2.24, 2.45) is 0 Å². The van der Waals surface area contributed by atoms with Crippen LogP contribution >= 0.6 is 0 Å². The van der Waals surface area contributed by atoms with Crippen molar-refractivity contribution in [2.45, 2.75) is 50.4 Å². The predicted molar refractivity (Wildman–Crippen MR) is 81.2 cm³/mol. The molecule has 2 saturated heterocycles. The Bertz CT molecular complexity index is 579. The van der Waals surface area contributed by atoms with Crippen molar-refractivity contribution in [3.8, 4) is 5.69 Å². The quantitative estimate of drug-likeness (QED) is 0.940. The number of hydrogen-bond acceptors (Lipinski definition) is 3. The smallest absolute Gasteiger partial charge is 0.0645 e. The van der Waals surface area contributed by atoms with Crippen molar-refractivity contribution >= 4 is 0 Å². The van der Waals surface area contributed by atoms with Gasteiger partial charge in [0, 0.05) is 31.0 Å². The van der Waals surface area contributed by atoms with Crippen LogP contribution in [-0.4, -0.2) is 38.0 Å². The number of aromatic nitrogens is 2. The molecule has 1 aromatic carbocycles. The van der Waals surface area contributed by atoms with Gasteiger partial charge in [-0.15, -0.1) is 0 Å². The van der Waals surface area contributed by atoms with Crippen molar-refractivity contribution < 1.29 is 5.11 Å². The molecule has 4 heteroatoms. The van der Waals surface area contributed by atoms with E-state index in [4.69, 9.17) is 0 Å². The lowest BCUT2D eigenvalue weighted by Crippen LogP contribution is -2.44. The van der Waals surface area contributed by atoms with Crippen LogP contribution < -0.4 is 0 Å². The summed E-state index contributed by atoms with van der Waals surface area (Å²) >= 11 is 0. The minimum atomic E-state index is -0.0825. The van der Waals surface area contributed by atoms with Crippen molar-refractivity contribution in [1.82, 2.24) is 14.7 Å². The summed E-state index contributed by atoms with van der Waals surface area (Å²) < 4.78 is 1.88. The molecule has 2 aliphatic rings. The van der Waals surface area contributed by atoms with E-state index in [1.54, 1.807) is 6.20 Å². The number of benzene rings is 1. The Balaban J connectivity index is 1.48. The van der Waals surface area contributed by atoms with Crippen molar-refractivity contribution in [3.63, 3.8) is 0 Å². The zero-order chi connectivity index (χ0) is 14.2. The van der Waals surface area contributed by atoms with E-state index in [1.165, 1.54) is 18.4 Å². The normalized spacial score (nSPS) is 28.9. The number of hydrogen-bond donors (Lipinski definition) is 1. The monoisotopic (exact) mass is 283 g/mol. The molecule has 1 aromatic heterocycles. The number of nitrogens with zero attached hydrogens (tertiary/aromatic N) is 3. The topological polar surface area (TPSA) is 41.3 Å². The zero-order valence-electron chi connectivity index (χ0n) is 12.1. The average Bonchev–Trinajstić information content (AvgIpc) is 3.09. The molecule has 0 spiro atoms.